The molecule has 0 aromatic carbocycles. The topological polar surface area (TPSA) is 51.2 Å². The Morgan fingerprint density at radius 1 is 1.61 bits per heavy atom. The van der Waals surface area contributed by atoms with Crippen molar-refractivity contribution < 1.29 is 13.9 Å². The summed E-state index contributed by atoms with van der Waals surface area (Å²) >= 11 is 3.18. The zero-order valence-electron chi connectivity index (χ0n) is 9.79. The van der Waals surface area contributed by atoms with Gasteiger partial charge in [0, 0.05) is 17.6 Å². The molecule has 18 heavy (non-hydrogen) atoms. The molecule has 0 spiro atoms. The lowest BCUT2D eigenvalue weighted by Gasteiger charge is -2.22. The van der Waals surface area contributed by atoms with Crippen LogP contribution in [0.2, 0.25) is 0 Å². The molecule has 98 valence electrons. The van der Waals surface area contributed by atoms with E-state index in [1.54, 1.807) is 0 Å². The predicted molar refractivity (Wildman–Crippen MR) is 67.8 cm³/mol. The van der Waals surface area contributed by atoms with E-state index in [0.29, 0.717) is 23.5 Å². The molecule has 6 heteroatoms. The average molecular weight is 317 g/mol. The Kier molecular flexibility index (Phi) is 4.66. The number of ether oxygens (including phenoxy) is 1. The molecule has 4 nitrogen and oxygen atoms in total. The van der Waals surface area contributed by atoms with E-state index in [1.807, 2.05) is 0 Å². The molecular weight excluding hydrogens is 303 g/mol. The second-order valence-electron chi connectivity index (χ2n) is 4.26. The van der Waals surface area contributed by atoms with Gasteiger partial charge in [0.1, 0.15) is 5.69 Å². The van der Waals surface area contributed by atoms with Crippen LogP contribution in [0.5, 0.6) is 0 Å². The van der Waals surface area contributed by atoms with Crippen LogP contribution in [0.3, 0.4) is 0 Å². The van der Waals surface area contributed by atoms with Crippen molar-refractivity contribution in [2.45, 2.75) is 12.8 Å². The smallest absolute Gasteiger partial charge is 0.271 e. The number of nitrogens with zero attached hydrogens (tertiary/aromatic N) is 1. The number of amides is 1. The predicted octanol–water partition coefficient (Wildman–Crippen LogP) is 2.14. The fraction of sp³-hybridized carbons (Fsp3) is 0.500. The van der Waals surface area contributed by atoms with Crippen LogP contribution < -0.4 is 5.32 Å². The summed E-state index contributed by atoms with van der Waals surface area (Å²) in [5.74, 6) is -0.702. The molecule has 0 bridgehead atoms. The maximum Gasteiger partial charge on any atom is 0.271 e. The molecular formula is C12H14BrFN2O2. The molecule has 0 aliphatic carbocycles. The Morgan fingerprint density at radius 2 is 2.44 bits per heavy atom. The van der Waals surface area contributed by atoms with Gasteiger partial charge in [-0.3, -0.25) is 4.79 Å². The molecule has 1 aliphatic heterocycles. The molecule has 0 radical (unpaired) electrons. The van der Waals surface area contributed by atoms with Crippen molar-refractivity contribution in [3.8, 4) is 0 Å². The Morgan fingerprint density at radius 3 is 3.17 bits per heavy atom. The summed E-state index contributed by atoms with van der Waals surface area (Å²) in [6.45, 7) is 1.99. The highest BCUT2D eigenvalue weighted by atomic mass is 79.9. The van der Waals surface area contributed by atoms with Gasteiger partial charge in [0.25, 0.3) is 5.91 Å². The zero-order valence-corrected chi connectivity index (χ0v) is 11.4. The third-order valence-electron chi connectivity index (χ3n) is 2.83. The summed E-state index contributed by atoms with van der Waals surface area (Å²) in [6, 6.07) is 2.68. The molecule has 2 heterocycles. The summed E-state index contributed by atoms with van der Waals surface area (Å²) < 4.78 is 18.8. The highest BCUT2D eigenvalue weighted by Crippen LogP contribution is 2.16. The lowest BCUT2D eigenvalue weighted by Crippen LogP contribution is -2.33. The van der Waals surface area contributed by atoms with Crippen LogP contribution in [0.4, 0.5) is 4.39 Å². The number of hydrogen-bond acceptors (Lipinski definition) is 3. The number of pyridine rings is 1. The number of halogens is 2. The van der Waals surface area contributed by atoms with Crippen LogP contribution in [0.25, 0.3) is 0 Å². The van der Waals surface area contributed by atoms with Gasteiger partial charge in [-0.25, -0.2) is 4.98 Å². The van der Waals surface area contributed by atoms with Crippen molar-refractivity contribution in [3.05, 3.63) is 28.2 Å². The second kappa shape index (κ2) is 6.24. The molecule has 0 saturated carbocycles. The van der Waals surface area contributed by atoms with Crippen LogP contribution in [0.1, 0.15) is 23.3 Å². The standard InChI is InChI=1S/C12H14BrFN2O2/c13-9-3-4-10(14)16-11(9)12(17)15-6-8-2-1-5-18-7-8/h3-4,8H,1-2,5-7H2,(H,15,17)/t8-/m0/s1. The summed E-state index contributed by atoms with van der Waals surface area (Å²) in [7, 11) is 0. The van der Waals surface area contributed by atoms with E-state index >= 15 is 0 Å². The summed E-state index contributed by atoms with van der Waals surface area (Å²) in [4.78, 5) is 15.4. The quantitative estimate of drug-likeness (QED) is 0.869. The number of aromatic nitrogens is 1. The molecule has 2 rings (SSSR count). The van der Waals surface area contributed by atoms with E-state index < -0.39 is 5.95 Å². The van der Waals surface area contributed by atoms with Crippen LogP contribution in [0.15, 0.2) is 16.6 Å². The molecule has 1 aliphatic rings. The third-order valence-corrected chi connectivity index (χ3v) is 3.47. The van der Waals surface area contributed by atoms with E-state index in [1.165, 1.54) is 12.1 Å². The molecule has 1 atom stereocenters. The normalized spacial score (nSPS) is 19.6. The summed E-state index contributed by atoms with van der Waals surface area (Å²) in [5, 5.41) is 2.76. The van der Waals surface area contributed by atoms with Crippen LogP contribution in [-0.4, -0.2) is 30.6 Å². The SMILES string of the molecule is O=C(NC[C@@H]1CCCOC1)c1nc(F)ccc1Br. The molecule has 1 amide bonds. The monoisotopic (exact) mass is 316 g/mol. The lowest BCUT2D eigenvalue weighted by molar-refractivity contribution is 0.0535. The van der Waals surface area contributed by atoms with Gasteiger partial charge in [-0.15, -0.1) is 0 Å². The van der Waals surface area contributed by atoms with Crippen LogP contribution >= 0.6 is 15.9 Å². The Bertz CT molecular complexity index is 436. The van der Waals surface area contributed by atoms with Crippen LogP contribution in [-0.2, 0) is 4.74 Å². The zero-order chi connectivity index (χ0) is 13.0. The van der Waals surface area contributed by atoms with Gasteiger partial charge in [-0.2, -0.15) is 4.39 Å². The number of nitrogens with one attached hydrogen (secondary N) is 1. The van der Waals surface area contributed by atoms with Gasteiger partial charge in [-0.05, 0) is 46.8 Å². The Balaban J connectivity index is 1.92. The number of hydrogen-bond donors (Lipinski definition) is 1. The first-order valence-corrected chi connectivity index (χ1v) is 6.64. The first-order valence-electron chi connectivity index (χ1n) is 5.85. The highest BCUT2D eigenvalue weighted by molar-refractivity contribution is 9.10. The van der Waals surface area contributed by atoms with Crippen LogP contribution in [0, 0.1) is 11.9 Å². The fourth-order valence-corrected chi connectivity index (χ4v) is 2.27. The minimum Gasteiger partial charge on any atom is -0.381 e. The van der Waals surface area contributed by atoms with E-state index in [4.69, 9.17) is 4.74 Å². The second-order valence-corrected chi connectivity index (χ2v) is 5.11. The maximum absolute atomic E-state index is 13.0. The van der Waals surface area contributed by atoms with E-state index in [-0.39, 0.29) is 11.6 Å². The summed E-state index contributed by atoms with van der Waals surface area (Å²) in [6.07, 6.45) is 2.06. The van der Waals surface area contributed by atoms with Gasteiger partial charge >= 0.3 is 0 Å². The van der Waals surface area contributed by atoms with Crippen molar-refractivity contribution in [2.75, 3.05) is 19.8 Å². The molecule has 1 fully saturated rings. The number of carbonyl (C=O) groups excluding carboxylic acids is 1. The fourth-order valence-electron chi connectivity index (χ4n) is 1.87. The van der Waals surface area contributed by atoms with E-state index in [2.05, 4.69) is 26.2 Å². The minimum absolute atomic E-state index is 0.0757. The summed E-state index contributed by atoms with van der Waals surface area (Å²) in [5.41, 5.74) is 0.0757. The maximum atomic E-state index is 13.0. The van der Waals surface area contributed by atoms with Crippen molar-refractivity contribution in [2.24, 2.45) is 5.92 Å². The van der Waals surface area contributed by atoms with Crippen molar-refractivity contribution >= 4 is 21.8 Å². The first-order chi connectivity index (χ1) is 8.66. The van der Waals surface area contributed by atoms with Gasteiger partial charge in [0.15, 0.2) is 0 Å². The van der Waals surface area contributed by atoms with Crippen molar-refractivity contribution in [3.63, 3.8) is 0 Å². The van der Waals surface area contributed by atoms with E-state index in [9.17, 15) is 9.18 Å². The minimum atomic E-state index is -0.663. The van der Waals surface area contributed by atoms with Gasteiger partial charge in [0.2, 0.25) is 5.95 Å². The number of rotatable bonds is 3. The Hall–Kier alpha value is -1.01. The van der Waals surface area contributed by atoms with Gasteiger partial charge < -0.3 is 10.1 Å². The number of carbonyl (C=O) groups is 1. The lowest BCUT2D eigenvalue weighted by atomic mass is 10.0. The van der Waals surface area contributed by atoms with E-state index in [0.717, 1.165) is 19.4 Å². The largest absolute Gasteiger partial charge is 0.381 e. The molecule has 1 aromatic rings. The molecule has 1 aromatic heterocycles. The third kappa shape index (κ3) is 3.49. The van der Waals surface area contributed by atoms with Crippen molar-refractivity contribution in [1.29, 1.82) is 0 Å². The molecule has 1 N–H and O–H groups in total. The first kappa shape index (κ1) is 13.4. The Labute approximate surface area is 113 Å². The molecule has 0 unspecified atom stereocenters. The highest BCUT2D eigenvalue weighted by Gasteiger charge is 2.17. The molecule has 1 saturated heterocycles. The van der Waals surface area contributed by atoms with Gasteiger partial charge in [0.05, 0.1) is 6.61 Å². The average Bonchev–Trinajstić information content (AvgIpc) is 2.40. The van der Waals surface area contributed by atoms with Gasteiger partial charge in [-0.1, -0.05) is 0 Å². The van der Waals surface area contributed by atoms with Crippen molar-refractivity contribution in [1.82, 2.24) is 10.3 Å².